The third kappa shape index (κ3) is 5.89. The summed E-state index contributed by atoms with van der Waals surface area (Å²) in [5.74, 6) is -0.0629. The van der Waals surface area contributed by atoms with Crippen molar-refractivity contribution in [3.63, 3.8) is 0 Å². The van der Waals surface area contributed by atoms with Gasteiger partial charge in [-0.1, -0.05) is 30.3 Å². The summed E-state index contributed by atoms with van der Waals surface area (Å²) >= 11 is 3.08. The first-order chi connectivity index (χ1) is 11.7. The minimum atomic E-state index is -0.632. The Morgan fingerprint density at radius 3 is 2.42 bits per heavy atom. The lowest BCUT2D eigenvalue weighted by molar-refractivity contribution is -0.117. The Balaban J connectivity index is 1.76. The van der Waals surface area contributed by atoms with Gasteiger partial charge in [0.05, 0.1) is 6.61 Å². The smallest absolute Gasteiger partial charge is 0.272 e. The molecule has 0 heterocycles. The molecule has 1 fully saturated rings. The van der Waals surface area contributed by atoms with Crippen molar-refractivity contribution in [2.75, 3.05) is 19.1 Å². The van der Waals surface area contributed by atoms with Crippen LogP contribution in [0.25, 0.3) is 0 Å². The maximum atomic E-state index is 12.3. The number of urea groups is 1. The van der Waals surface area contributed by atoms with Gasteiger partial charge in [-0.05, 0) is 43.3 Å². The summed E-state index contributed by atoms with van der Waals surface area (Å²) in [6.07, 6.45) is 6.57. The average molecular weight is 367 g/mol. The number of hydrogen-bond donors (Lipinski definition) is 2. The molecule has 0 atom stereocenters. The largest absolute Gasteiger partial charge is 0.345 e. The van der Waals surface area contributed by atoms with Gasteiger partial charge >= 0.3 is 6.03 Å². The highest BCUT2D eigenvalue weighted by Crippen LogP contribution is 2.42. The molecular weight excluding hydrogens is 344 g/mol. The fraction of sp³-hybridized carbons (Fsp3) is 0.412. The zero-order chi connectivity index (χ0) is 17.4. The van der Waals surface area contributed by atoms with E-state index in [1.54, 1.807) is 0 Å². The Kier molecular flexibility index (Phi) is 7.68. The van der Waals surface area contributed by atoms with E-state index in [1.165, 1.54) is 23.5 Å². The quantitative estimate of drug-likeness (QED) is 0.420. The first-order valence-corrected chi connectivity index (χ1v) is 10.2. The molecule has 0 saturated heterocycles. The number of imide groups is 1. The maximum absolute atomic E-state index is 12.3. The number of rotatable bonds is 8. The van der Waals surface area contributed by atoms with Crippen molar-refractivity contribution >= 4 is 35.5 Å². The number of benzene rings is 1. The summed E-state index contributed by atoms with van der Waals surface area (Å²) in [6.45, 7) is 0.345. The summed E-state index contributed by atoms with van der Waals surface area (Å²) < 4.78 is 0.966. The highest BCUT2D eigenvalue weighted by molar-refractivity contribution is 8.21. The second kappa shape index (κ2) is 9.76. The SMILES string of the molecule is CSC(SC)=C(C(=O)NC(=O)NOCCc1ccccc1)C1CC1. The topological polar surface area (TPSA) is 67.4 Å². The van der Waals surface area contributed by atoms with E-state index in [0.29, 0.717) is 13.0 Å². The van der Waals surface area contributed by atoms with E-state index in [9.17, 15) is 9.59 Å². The molecule has 1 aliphatic carbocycles. The molecule has 130 valence electrons. The lowest BCUT2D eigenvalue weighted by Gasteiger charge is -2.12. The van der Waals surface area contributed by atoms with Gasteiger partial charge < -0.3 is 0 Å². The van der Waals surface area contributed by atoms with Gasteiger partial charge in [-0.25, -0.2) is 10.3 Å². The molecule has 1 aromatic rings. The molecule has 1 aliphatic rings. The normalized spacial score (nSPS) is 13.2. The van der Waals surface area contributed by atoms with Crippen molar-refractivity contribution in [3.8, 4) is 0 Å². The van der Waals surface area contributed by atoms with E-state index < -0.39 is 6.03 Å². The number of amides is 3. The van der Waals surface area contributed by atoms with Crippen LogP contribution in [0.2, 0.25) is 0 Å². The van der Waals surface area contributed by atoms with Gasteiger partial charge in [-0.15, -0.1) is 23.5 Å². The summed E-state index contributed by atoms with van der Waals surface area (Å²) in [6, 6.07) is 9.21. The summed E-state index contributed by atoms with van der Waals surface area (Å²) in [5.41, 5.74) is 4.11. The highest BCUT2D eigenvalue weighted by atomic mass is 32.2. The number of hydroxylamine groups is 1. The molecule has 7 heteroatoms. The number of nitrogens with one attached hydrogen (secondary N) is 2. The molecule has 3 amide bonds. The Morgan fingerprint density at radius 2 is 1.83 bits per heavy atom. The lowest BCUT2D eigenvalue weighted by atomic mass is 10.2. The van der Waals surface area contributed by atoms with Crippen LogP contribution in [0.4, 0.5) is 4.79 Å². The minimum absolute atomic E-state index is 0.270. The highest BCUT2D eigenvalue weighted by Gasteiger charge is 2.33. The molecule has 0 unspecified atom stereocenters. The molecule has 24 heavy (non-hydrogen) atoms. The fourth-order valence-corrected chi connectivity index (χ4v) is 3.87. The third-order valence-corrected chi connectivity index (χ3v) is 5.73. The number of carbonyl (C=O) groups excluding carboxylic acids is 2. The lowest BCUT2D eigenvalue weighted by Crippen LogP contribution is -2.40. The summed E-state index contributed by atoms with van der Waals surface area (Å²) in [7, 11) is 0. The summed E-state index contributed by atoms with van der Waals surface area (Å²) in [4.78, 5) is 29.3. The Bertz CT molecular complexity index is 595. The van der Waals surface area contributed by atoms with Crippen LogP contribution in [0.15, 0.2) is 40.1 Å². The van der Waals surface area contributed by atoms with E-state index in [-0.39, 0.29) is 11.8 Å². The van der Waals surface area contributed by atoms with E-state index in [0.717, 1.165) is 28.2 Å². The second-order valence-electron chi connectivity index (χ2n) is 5.35. The molecule has 0 aliphatic heterocycles. The van der Waals surface area contributed by atoms with Crippen LogP contribution in [-0.4, -0.2) is 31.1 Å². The molecule has 1 aromatic carbocycles. The monoisotopic (exact) mass is 366 g/mol. The van der Waals surface area contributed by atoms with Crippen LogP contribution in [0.1, 0.15) is 18.4 Å². The first-order valence-electron chi connectivity index (χ1n) is 7.75. The third-order valence-electron chi connectivity index (χ3n) is 3.55. The van der Waals surface area contributed by atoms with Gasteiger partial charge in [0, 0.05) is 9.81 Å². The fourth-order valence-electron chi connectivity index (χ4n) is 2.25. The van der Waals surface area contributed by atoms with E-state index in [4.69, 9.17) is 4.84 Å². The predicted molar refractivity (Wildman–Crippen MR) is 99.6 cm³/mol. The molecule has 2 rings (SSSR count). The van der Waals surface area contributed by atoms with Crippen molar-refractivity contribution in [1.29, 1.82) is 0 Å². The maximum Gasteiger partial charge on any atom is 0.345 e. The zero-order valence-corrected chi connectivity index (χ0v) is 15.5. The van der Waals surface area contributed by atoms with Gasteiger partial charge in [0.2, 0.25) is 0 Å². The van der Waals surface area contributed by atoms with Crippen LogP contribution >= 0.6 is 23.5 Å². The van der Waals surface area contributed by atoms with E-state index in [1.807, 2.05) is 42.8 Å². The van der Waals surface area contributed by atoms with Gasteiger partial charge in [-0.3, -0.25) is 14.9 Å². The number of hydrogen-bond acceptors (Lipinski definition) is 5. The van der Waals surface area contributed by atoms with Crippen molar-refractivity contribution in [2.24, 2.45) is 5.92 Å². The van der Waals surface area contributed by atoms with E-state index in [2.05, 4.69) is 10.8 Å². The Morgan fingerprint density at radius 1 is 1.17 bits per heavy atom. The molecule has 0 spiro atoms. The second-order valence-corrected chi connectivity index (χ2v) is 7.24. The molecule has 5 nitrogen and oxygen atoms in total. The van der Waals surface area contributed by atoms with Gasteiger partial charge in [-0.2, -0.15) is 0 Å². The molecule has 1 saturated carbocycles. The van der Waals surface area contributed by atoms with Gasteiger partial charge in [0.1, 0.15) is 0 Å². The first kappa shape index (κ1) is 18.9. The molecule has 0 aromatic heterocycles. The Labute approximate surface area is 150 Å². The molecule has 2 N–H and O–H groups in total. The van der Waals surface area contributed by atoms with Crippen LogP contribution in [0, 0.1) is 5.92 Å². The summed E-state index contributed by atoms with van der Waals surface area (Å²) in [5, 5.41) is 2.35. The minimum Gasteiger partial charge on any atom is -0.272 e. The van der Waals surface area contributed by atoms with Crippen LogP contribution in [0.5, 0.6) is 0 Å². The predicted octanol–water partition coefficient (Wildman–Crippen LogP) is 3.33. The van der Waals surface area contributed by atoms with Crippen LogP contribution < -0.4 is 10.8 Å². The Hall–Kier alpha value is -1.44. The zero-order valence-electron chi connectivity index (χ0n) is 13.8. The van der Waals surface area contributed by atoms with Crippen molar-refractivity contribution in [1.82, 2.24) is 10.8 Å². The van der Waals surface area contributed by atoms with Gasteiger partial charge in [0.25, 0.3) is 5.91 Å². The standard InChI is InChI=1S/C17H22N2O3S2/c1-23-16(24-2)14(13-8-9-13)15(20)18-17(21)19-22-11-10-12-6-4-3-5-7-12/h3-7,13H,8-11H2,1-2H3,(H2,18,19,20,21). The molecule has 0 radical (unpaired) electrons. The molecular formula is C17H22N2O3S2. The number of carbonyl (C=O) groups is 2. The van der Waals surface area contributed by atoms with Gasteiger partial charge in [0.15, 0.2) is 0 Å². The van der Waals surface area contributed by atoms with E-state index >= 15 is 0 Å². The van der Waals surface area contributed by atoms with Crippen LogP contribution in [0.3, 0.4) is 0 Å². The average Bonchev–Trinajstić information content (AvgIpc) is 3.42. The van der Waals surface area contributed by atoms with Crippen LogP contribution in [-0.2, 0) is 16.1 Å². The van der Waals surface area contributed by atoms with Crippen molar-refractivity contribution in [3.05, 3.63) is 45.7 Å². The molecule has 0 bridgehead atoms. The van der Waals surface area contributed by atoms with Crippen molar-refractivity contribution < 1.29 is 14.4 Å². The van der Waals surface area contributed by atoms with Crippen molar-refractivity contribution in [2.45, 2.75) is 19.3 Å². The number of thioether (sulfide) groups is 2.